The maximum Gasteiger partial charge on any atom is 0.191 e. The summed E-state index contributed by atoms with van der Waals surface area (Å²) in [5, 5.41) is 0. The van der Waals surface area contributed by atoms with E-state index in [9.17, 15) is 0 Å². The molecule has 0 spiro atoms. The smallest absolute Gasteiger partial charge is 0.191 e. The van der Waals surface area contributed by atoms with Crippen molar-refractivity contribution < 1.29 is 0 Å². The highest BCUT2D eigenvalue weighted by molar-refractivity contribution is 8.22. The Labute approximate surface area is 67.7 Å². The Bertz CT molecular complexity index is 44.3. The van der Waals surface area contributed by atoms with Crippen molar-refractivity contribution in [3.63, 3.8) is 0 Å². The zero-order chi connectivity index (χ0) is 6.95. The van der Waals surface area contributed by atoms with Crippen LogP contribution in [0.15, 0.2) is 0 Å². The molecule has 53 valence electrons. The number of hydrogen-bond donors (Lipinski definition) is 0. The molecule has 0 aromatic heterocycles. The van der Waals surface area contributed by atoms with Crippen LogP contribution in [0.5, 0.6) is 0 Å². The average Bonchev–Trinajstić information content (AvgIpc) is 1.89. The highest BCUT2D eigenvalue weighted by Crippen LogP contribution is 2.04. The maximum atomic E-state index is 2.32. The molecule has 0 unspecified atom stereocenters. The first-order chi connectivity index (χ1) is 4.41. The molecule has 0 bridgehead atoms. The fourth-order valence-electron chi connectivity index (χ4n) is 0.416. The Hall–Kier alpha value is 0.765. The van der Waals surface area contributed by atoms with Crippen LogP contribution in [0.4, 0.5) is 0 Å². The van der Waals surface area contributed by atoms with Crippen LogP contribution in [0.1, 0.15) is 13.3 Å². The third-order valence-corrected chi connectivity index (χ3v) is 2.71. The molecule has 0 rings (SSSR count). The van der Waals surface area contributed by atoms with E-state index in [2.05, 4.69) is 19.7 Å². The molecule has 0 aromatic carbocycles. The Morgan fingerprint density at radius 1 is 1.33 bits per heavy atom. The monoisotopic (exact) mass is 161 g/mol. The first-order valence-electron chi connectivity index (χ1n) is 3.34. The molecule has 0 nitrogen and oxygen atoms in total. The molecule has 0 aliphatic carbocycles. The zero-order valence-corrected chi connectivity index (χ0v) is 7.86. The molecule has 0 heterocycles. The molecule has 0 saturated heterocycles. The summed E-state index contributed by atoms with van der Waals surface area (Å²) >= 11 is 3.88. The van der Waals surface area contributed by atoms with E-state index in [1.807, 2.05) is 23.4 Å². The van der Waals surface area contributed by atoms with E-state index in [1.54, 1.807) is 0 Å². The molecule has 0 N–H and O–H groups in total. The van der Waals surface area contributed by atoms with Crippen LogP contribution in [-0.4, -0.2) is 24.3 Å². The Morgan fingerprint density at radius 2 is 2.11 bits per heavy atom. The van der Waals surface area contributed by atoms with Crippen molar-refractivity contribution in [2.24, 2.45) is 0 Å². The zero-order valence-electron chi connectivity index (χ0n) is 6.22. The second-order valence-electron chi connectivity index (χ2n) is 1.82. The molecule has 0 saturated carbocycles. The van der Waals surface area contributed by atoms with Gasteiger partial charge in [0, 0.05) is 5.75 Å². The third kappa shape index (κ3) is 8.76. The molecule has 0 aromatic rings. The maximum absolute atomic E-state index is 2.32. The van der Waals surface area contributed by atoms with Crippen LogP contribution in [0.3, 0.4) is 0 Å². The van der Waals surface area contributed by atoms with Crippen LogP contribution in [0, 0.1) is 0 Å². The standard InChI is InChI=1S/C6H14BS2/c1-3-4-7-9-6-5-8-2/h3-6H2,1-2H3. The highest BCUT2D eigenvalue weighted by atomic mass is 32.2. The second-order valence-corrected chi connectivity index (χ2v) is 3.88. The van der Waals surface area contributed by atoms with E-state index < -0.39 is 0 Å². The van der Waals surface area contributed by atoms with E-state index in [1.165, 1.54) is 24.2 Å². The van der Waals surface area contributed by atoms with Crippen molar-refractivity contribution in [2.45, 2.75) is 19.7 Å². The lowest BCUT2D eigenvalue weighted by molar-refractivity contribution is 1.08. The van der Waals surface area contributed by atoms with Gasteiger partial charge in [0.1, 0.15) is 0 Å². The van der Waals surface area contributed by atoms with Gasteiger partial charge in [0.25, 0.3) is 0 Å². The van der Waals surface area contributed by atoms with Gasteiger partial charge in [-0.3, -0.25) is 0 Å². The number of rotatable bonds is 6. The molecule has 0 aliphatic heterocycles. The van der Waals surface area contributed by atoms with Crippen molar-refractivity contribution >= 4 is 29.9 Å². The summed E-state index contributed by atoms with van der Waals surface area (Å²) < 4.78 is 0. The predicted octanol–water partition coefficient (Wildman–Crippen LogP) is 2.53. The summed E-state index contributed by atoms with van der Waals surface area (Å²) in [7, 11) is 0. The van der Waals surface area contributed by atoms with Gasteiger partial charge in [-0.05, 0) is 12.0 Å². The summed E-state index contributed by atoms with van der Waals surface area (Å²) in [5.41, 5.74) is 0. The van der Waals surface area contributed by atoms with Crippen molar-refractivity contribution in [1.29, 1.82) is 0 Å². The van der Waals surface area contributed by atoms with Crippen LogP contribution in [0.2, 0.25) is 6.32 Å². The van der Waals surface area contributed by atoms with Crippen molar-refractivity contribution in [3.05, 3.63) is 0 Å². The summed E-state index contributed by atoms with van der Waals surface area (Å²) in [5.74, 6) is 2.56. The van der Waals surface area contributed by atoms with Gasteiger partial charge in [-0.2, -0.15) is 11.8 Å². The topological polar surface area (TPSA) is 0 Å². The lowest BCUT2D eigenvalue weighted by atomic mass is 10.0. The van der Waals surface area contributed by atoms with Crippen molar-refractivity contribution in [3.8, 4) is 0 Å². The number of thioether (sulfide) groups is 1. The first-order valence-corrected chi connectivity index (χ1v) is 5.78. The van der Waals surface area contributed by atoms with Crippen molar-refractivity contribution in [1.82, 2.24) is 0 Å². The molecular formula is C6H14BS2. The molecule has 9 heavy (non-hydrogen) atoms. The van der Waals surface area contributed by atoms with Crippen molar-refractivity contribution in [2.75, 3.05) is 17.8 Å². The largest absolute Gasteiger partial charge is 0.217 e. The van der Waals surface area contributed by atoms with Crippen LogP contribution >= 0.6 is 23.4 Å². The van der Waals surface area contributed by atoms with Gasteiger partial charge in [0.2, 0.25) is 0 Å². The first kappa shape index (κ1) is 9.76. The van der Waals surface area contributed by atoms with Gasteiger partial charge in [-0.15, -0.1) is 0 Å². The number of hydrogen-bond acceptors (Lipinski definition) is 2. The van der Waals surface area contributed by atoms with E-state index in [4.69, 9.17) is 0 Å². The summed E-state index contributed by atoms with van der Waals surface area (Å²) in [6.07, 6.45) is 4.70. The molecule has 0 aliphatic rings. The minimum absolute atomic E-state index is 1.26. The Balaban J connectivity index is 2.60. The fourth-order valence-corrected chi connectivity index (χ4v) is 2.04. The predicted molar refractivity (Wildman–Crippen MR) is 51.7 cm³/mol. The van der Waals surface area contributed by atoms with Gasteiger partial charge in [0.15, 0.2) is 6.56 Å². The fraction of sp³-hybridized carbons (Fsp3) is 1.00. The molecule has 1 radical (unpaired) electrons. The summed E-state index contributed by atoms with van der Waals surface area (Å²) in [6.45, 7) is 4.53. The van der Waals surface area contributed by atoms with E-state index in [0.717, 1.165) is 0 Å². The Kier molecular flexibility index (Phi) is 9.51. The second kappa shape index (κ2) is 8.76. The molecule has 3 heteroatoms. The van der Waals surface area contributed by atoms with Gasteiger partial charge in [-0.1, -0.05) is 19.7 Å². The molecule has 0 atom stereocenters. The summed E-state index contributed by atoms with van der Waals surface area (Å²) in [4.78, 5) is 0. The molecule has 0 fully saturated rings. The third-order valence-electron chi connectivity index (χ3n) is 0.930. The van der Waals surface area contributed by atoms with E-state index in [0.29, 0.717) is 0 Å². The van der Waals surface area contributed by atoms with Gasteiger partial charge < -0.3 is 0 Å². The SMILES string of the molecule is CCC[B]SCCSC. The Morgan fingerprint density at radius 3 is 2.67 bits per heavy atom. The summed E-state index contributed by atoms with van der Waals surface area (Å²) in [6, 6.07) is 0. The molecule has 0 amide bonds. The average molecular weight is 161 g/mol. The quantitative estimate of drug-likeness (QED) is 0.433. The van der Waals surface area contributed by atoms with Crippen LogP contribution in [0.25, 0.3) is 0 Å². The van der Waals surface area contributed by atoms with E-state index >= 15 is 0 Å². The van der Waals surface area contributed by atoms with Gasteiger partial charge >= 0.3 is 0 Å². The van der Waals surface area contributed by atoms with E-state index in [-0.39, 0.29) is 0 Å². The normalized spacial score (nSPS) is 9.56. The van der Waals surface area contributed by atoms with Gasteiger partial charge in [-0.25, -0.2) is 11.6 Å². The van der Waals surface area contributed by atoms with Crippen LogP contribution < -0.4 is 0 Å². The lowest BCUT2D eigenvalue weighted by Crippen LogP contribution is -1.87. The minimum atomic E-state index is 1.26. The van der Waals surface area contributed by atoms with Crippen LogP contribution in [-0.2, 0) is 0 Å². The highest BCUT2D eigenvalue weighted by Gasteiger charge is 1.88. The van der Waals surface area contributed by atoms with Gasteiger partial charge in [0.05, 0.1) is 0 Å². The lowest BCUT2D eigenvalue weighted by Gasteiger charge is -1.94. The minimum Gasteiger partial charge on any atom is -0.217 e. The molecular weight excluding hydrogens is 147 g/mol.